The van der Waals surface area contributed by atoms with E-state index in [0.717, 1.165) is 42.4 Å². The van der Waals surface area contributed by atoms with Crippen molar-refractivity contribution in [3.05, 3.63) is 66.4 Å². The van der Waals surface area contributed by atoms with Crippen molar-refractivity contribution in [1.29, 1.82) is 0 Å². The van der Waals surface area contributed by atoms with Crippen molar-refractivity contribution >= 4 is 0 Å². The van der Waals surface area contributed by atoms with E-state index in [1.165, 1.54) is 5.56 Å². The van der Waals surface area contributed by atoms with Gasteiger partial charge in [0.05, 0.1) is 5.69 Å². The highest BCUT2D eigenvalue weighted by Gasteiger charge is 2.26. The highest BCUT2D eigenvalue weighted by Crippen LogP contribution is 2.22. The number of piperazine rings is 1. The van der Waals surface area contributed by atoms with Crippen molar-refractivity contribution in [2.24, 2.45) is 0 Å². The molecule has 1 fully saturated rings. The number of likely N-dealkylation sites (N-methyl/N-ethyl adjacent to an activating group) is 1. The standard InChI is InChI=1S/C23H29N5/c1-17-13-27(14-18(2)26(17)4)15-20-5-7-22(8-6-20)28-16-23(25-19(28)3)21-9-11-24-12-10-21/h5-12,16-18H,13-15H2,1-4H3/t17-,18+. The Hall–Kier alpha value is -2.50. The van der Waals surface area contributed by atoms with E-state index in [1.807, 2.05) is 19.1 Å². The second-order valence-electron chi connectivity index (χ2n) is 8.00. The first-order valence-corrected chi connectivity index (χ1v) is 10.0. The van der Waals surface area contributed by atoms with E-state index in [4.69, 9.17) is 4.98 Å². The summed E-state index contributed by atoms with van der Waals surface area (Å²) in [6.07, 6.45) is 5.71. The molecular weight excluding hydrogens is 346 g/mol. The van der Waals surface area contributed by atoms with Crippen LogP contribution in [0.3, 0.4) is 0 Å². The molecule has 0 aliphatic carbocycles. The summed E-state index contributed by atoms with van der Waals surface area (Å²) in [5, 5.41) is 0. The summed E-state index contributed by atoms with van der Waals surface area (Å²) in [5.74, 6) is 0.987. The summed E-state index contributed by atoms with van der Waals surface area (Å²) in [6.45, 7) is 9.93. The molecule has 146 valence electrons. The number of nitrogens with zero attached hydrogens (tertiary/aromatic N) is 5. The van der Waals surface area contributed by atoms with Gasteiger partial charge in [-0.25, -0.2) is 4.98 Å². The lowest BCUT2D eigenvalue weighted by Crippen LogP contribution is -2.54. The molecule has 4 rings (SSSR count). The van der Waals surface area contributed by atoms with Crippen LogP contribution in [0.1, 0.15) is 25.2 Å². The fourth-order valence-electron chi connectivity index (χ4n) is 4.06. The number of hydrogen-bond acceptors (Lipinski definition) is 4. The van der Waals surface area contributed by atoms with E-state index in [1.54, 1.807) is 12.4 Å². The van der Waals surface area contributed by atoms with Crippen LogP contribution in [0.4, 0.5) is 0 Å². The Bertz CT molecular complexity index is 904. The van der Waals surface area contributed by atoms with E-state index in [2.05, 4.69) is 70.7 Å². The highest BCUT2D eigenvalue weighted by molar-refractivity contribution is 5.58. The summed E-state index contributed by atoms with van der Waals surface area (Å²) in [5.41, 5.74) is 4.57. The number of aromatic nitrogens is 3. The molecule has 0 radical (unpaired) electrons. The first-order chi connectivity index (χ1) is 13.5. The lowest BCUT2D eigenvalue weighted by molar-refractivity contribution is 0.0556. The smallest absolute Gasteiger partial charge is 0.110 e. The van der Waals surface area contributed by atoms with Gasteiger partial charge < -0.3 is 4.57 Å². The van der Waals surface area contributed by atoms with Gasteiger partial charge in [0, 0.05) is 61.6 Å². The highest BCUT2D eigenvalue weighted by atomic mass is 15.3. The van der Waals surface area contributed by atoms with Crippen LogP contribution < -0.4 is 0 Å². The molecule has 1 saturated heterocycles. The molecule has 5 nitrogen and oxygen atoms in total. The Morgan fingerprint density at radius 2 is 1.61 bits per heavy atom. The predicted molar refractivity (Wildman–Crippen MR) is 113 cm³/mol. The average Bonchev–Trinajstić information content (AvgIpc) is 3.09. The summed E-state index contributed by atoms with van der Waals surface area (Å²) >= 11 is 0. The third-order valence-corrected chi connectivity index (χ3v) is 5.91. The number of benzene rings is 1. The minimum absolute atomic E-state index is 0.600. The van der Waals surface area contributed by atoms with Crippen molar-refractivity contribution in [3.63, 3.8) is 0 Å². The van der Waals surface area contributed by atoms with E-state index < -0.39 is 0 Å². The molecule has 1 aromatic carbocycles. The van der Waals surface area contributed by atoms with Gasteiger partial charge in [-0.05, 0) is 57.6 Å². The zero-order valence-electron chi connectivity index (χ0n) is 17.2. The minimum atomic E-state index is 0.600. The van der Waals surface area contributed by atoms with E-state index >= 15 is 0 Å². The van der Waals surface area contributed by atoms with Gasteiger partial charge in [0.1, 0.15) is 5.82 Å². The van der Waals surface area contributed by atoms with Gasteiger partial charge in [-0.1, -0.05) is 12.1 Å². The topological polar surface area (TPSA) is 37.2 Å². The molecule has 1 aliphatic heterocycles. The van der Waals surface area contributed by atoms with Crippen molar-refractivity contribution in [2.45, 2.75) is 39.4 Å². The number of aryl methyl sites for hydroxylation is 1. The quantitative estimate of drug-likeness (QED) is 0.696. The van der Waals surface area contributed by atoms with Crippen LogP contribution in [0.5, 0.6) is 0 Å². The second-order valence-corrected chi connectivity index (χ2v) is 8.00. The van der Waals surface area contributed by atoms with E-state index in [-0.39, 0.29) is 0 Å². The van der Waals surface area contributed by atoms with Gasteiger partial charge in [-0.3, -0.25) is 14.8 Å². The third-order valence-electron chi connectivity index (χ3n) is 5.91. The van der Waals surface area contributed by atoms with Gasteiger partial charge in [0.2, 0.25) is 0 Å². The van der Waals surface area contributed by atoms with Crippen molar-refractivity contribution < 1.29 is 0 Å². The molecule has 2 aromatic heterocycles. The van der Waals surface area contributed by atoms with Crippen LogP contribution in [0.2, 0.25) is 0 Å². The van der Waals surface area contributed by atoms with Crippen LogP contribution in [-0.2, 0) is 6.54 Å². The molecule has 2 atom stereocenters. The van der Waals surface area contributed by atoms with E-state index in [9.17, 15) is 0 Å². The maximum absolute atomic E-state index is 4.72. The fraction of sp³-hybridized carbons (Fsp3) is 0.391. The summed E-state index contributed by atoms with van der Waals surface area (Å²) in [4.78, 5) is 13.8. The molecule has 3 aromatic rings. The van der Waals surface area contributed by atoms with Crippen molar-refractivity contribution in [1.82, 2.24) is 24.3 Å². The average molecular weight is 376 g/mol. The molecule has 3 heterocycles. The van der Waals surface area contributed by atoms with E-state index in [0.29, 0.717) is 12.1 Å². The summed E-state index contributed by atoms with van der Waals surface area (Å²) in [7, 11) is 2.23. The lowest BCUT2D eigenvalue weighted by atomic mass is 10.1. The molecule has 1 aliphatic rings. The Morgan fingerprint density at radius 1 is 0.964 bits per heavy atom. The number of rotatable bonds is 4. The zero-order chi connectivity index (χ0) is 19.7. The fourth-order valence-corrected chi connectivity index (χ4v) is 4.06. The SMILES string of the molecule is Cc1nc(-c2ccncc2)cn1-c1ccc(CN2C[C@@H](C)N(C)[C@@H](C)C2)cc1. The van der Waals surface area contributed by atoms with Crippen LogP contribution in [0, 0.1) is 6.92 Å². The lowest BCUT2D eigenvalue weighted by Gasteiger charge is -2.42. The molecular formula is C23H29N5. The molecule has 0 saturated carbocycles. The predicted octanol–water partition coefficient (Wildman–Crippen LogP) is 3.77. The Labute approximate surface area is 167 Å². The Morgan fingerprint density at radius 3 is 2.25 bits per heavy atom. The van der Waals surface area contributed by atoms with Crippen molar-refractivity contribution in [3.8, 4) is 16.9 Å². The normalized spacial score (nSPS) is 21.1. The first-order valence-electron chi connectivity index (χ1n) is 10.0. The van der Waals surface area contributed by atoms with Crippen LogP contribution >= 0.6 is 0 Å². The first kappa shape index (κ1) is 18.8. The van der Waals surface area contributed by atoms with Crippen LogP contribution in [-0.4, -0.2) is 56.6 Å². The molecule has 5 heteroatoms. The monoisotopic (exact) mass is 375 g/mol. The Kier molecular flexibility index (Phi) is 5.29. The van der Waals surface area contributed by atoms with Gasteiger partial charge >= 0.3 is 0 Å². The van der Waals surface area contributed by atoms with Crippen molar-refractivity contribution in [2.75, 3.05) is 20.1 Å². The minimum Gasteiger partial charge on any atom is -0.303 e. The molecule has 0 N–H and O–H groups in total. The van der Waals surface area contributed by atoms with Gasteiger partial charge in [0.15, 0.2) is 0 Å². The van der Waals surface area contributed by atoms with Gasteiger partial charge in [0.25, 0.3) is 0 Å². The number of hydrogen-bond donors (Lipinski definition) is 0. The van der Waals surface area contributed by atoms with Gasteiger partial charge in [-0.2, -0.15) is 0 Å². The largest absolute Gasteiger partial charge is 0.303 e. The summed E-state index contributed by atoms with van der Waals surface area (Å²) < 4.78 is 2.15. The maximum Gasteiger partial charge on any atom is 0.110 e. The molecule has 0 unspecified atom stereocenters. The zero-order valence-corrected chi connectivity index (χ0v) is 17.2. The molecule has 0 spiro atoms. The third kappa shape index (κ3) is 3.86. The number of imidazole rings is 1. The molecule has 0 amide bonds. The molecule has 0 bridgehead atoms. The van der Waals surface area contributed by atoms with Crippen LogP contribution in [0.15, 0.2) is 55.0 Å². The van der Waals surface area contributed by atoms with Gasteiger partial charge in [-0.15, -0.1) is 0 Å². The summed E-state index contributed by atoms with van der Waals surface area (Å²) in [6, 6.07) is 14.1. The maximum atomic E-state index is 4.72. The Balaban J connectivity index is 1.49. The molecule has 28 heavy (non-hydrogen) atoms. The number of pyridine rings is 1. The van der Waals surface area contributed by atoms with Crippen LogP contribution in [0.25, 0.3) is 16.9 Å². The second kappa shape index (κ2) is 7.86.